The van der Waals surface area contributed by atoms with E-state index >= 15 is 0 Å². The summed E-state index contributed by atoms with van der Waals surface area (Å²) in [6, 6.07) is 6.08. The van der Waals surface area contributed by atoms with Gasteiger partial charge in [-0.1, -0.05) is 16.7 Å². The highest BCUT2D eigenvalue weighted by atomic mass is 35.5. The van der Waals surface area contributed by atoms with Gasteiger partial charge in [-0.25, -0.2) is 4.98 Å². The second-order valence-corrected chi connectivity index (χ2v) is 5.34. The summed E-state index contributed by atoms with van der Waals surface area (Å²) < 4.78 is 5.40. The maximum absolute atomic E-state index is 5.96. The molecule has 1 aromatic carbocycles. The van der Waals surface area contributed by atoms with Crippen molar-refractivity contribution in [1.29, 1.82) is 0 Å². The summed E-state index contributed by atoms with van der Waals surface area (Å²) in [6.07, 6.45) is 1.73. The molecule has 0 radical (unpaired) electrons. The first kappa shape index (κ1) is 14.8. The third-order valence-electron chi connectivity index (χ3n) is 3.15. The summed E-state index contributed by atoms with van der Waals surface area (Å²) in [5, 5.41) is 14.6. The van der Waals surface area contributed by atoms with Crippen molar-refractivity contribution < 1.29 is 4.42 Å². The Morgan fingerprint density at radius 3 is 3.09 bits per heavy atom. The minimum absolute atomic E-state index is 0.446. The third-order valence-corrected chi connectivity index (χ3v) is 3.39. The number of hydrogen-bond acceptors (Lipinski definition) is 6. The van der Waals surface area contributed by atoms with Crippen molar-refractivity contribution in [2.24, 2.45) is 0 Å². The Labute approximate surface area is 132 Å². The van der Waals surface area contributed by atoms with E-state index in [1.165, 1.54) is 0 Å². The molecule has 0 aliphatic rings. The third kappa shape index (κ3) is 3.55. The number of aromatic nitrogens is 4. The largest absolute Gasteiger partial charge is 0.407 e. The molecular formula is C14H17ClN6O. The highest BCUT2D eigenvalue weighted by Gasteiger charge is 2.05. The van der Waals surface area contributed by atoms with Crippen molar-refractivity contribution in [1.82, 2.24) is 25.5 Å². The van der Waals surface area contributed by atoms with Crippen LogP contribution in [0, 0.1) is 0 Å². The topological polar surface area (TPSA) is 91.7 Å². The molecule has 7 nitrogen and oxygen atoms in total. The molecule has 0 aliphatic carbocycles. The second-order valence-electron chi connectivity index (χ2n) is 4.91. The average Bonchev–Trinajstić information content (AvgIpc) is 3.10. The number of nitrogens with one attached hydrogen (secondary N) is 3. The number of hydrogen-bond donors (Lipinski definition) is 3. The van der Waals surface area contributed by atoms with Gasteiger partial charge in [-0.05, 0) is 31.7 Å². The Morgan fingerprint density at radius 2 is 2.23 bits per heavy atom. The van der Waals surface area contributed by atoms with Crippen LogP contribution in [-0.2, 0) is 13.0 Å². The van der Waals surface area contributed by atoms with Crippen molar-refractivity contribution in [3.8, 4) is 0 Å². The van der Waals surface area contributed by atoms with E-state index in [-0.39, 0.29) is 0 Å². The molecule has 3 aromatic rings. The Hall–Kier alpha value is -2.12. The van der Waals surface area contributed by atoms with E-state index in [4.69, 9.17) is 16.0 Å². The smallest absolute Gasteiger partial charge is 0.315 e. The number of aryl methyl sites for hydroxylation is 1. The number of benzene rings is 1. The predicted octanol–water partition coefficient (Wildman–Crippen LogP) is 2.36. The minimum atomic E-state index is 0.446. The van der Waals surface area contributed by atoms with Crippen LogP contribution >= 0.6 is 11.6 Å². The molecule has 0 aliphatic heterocycles. The number of fused-ring (bicyclic) bond motifs is 1. The van der Waals surface area contributed by atoms with Gasteiger partial charge in [0, 0.05) is 18.0 Å². The minimum Gasteiger partial charge on any atom is -0.407 e. The van der Waals surface area contributed by atoms with Gasteiger partial charge in [0.15, 0.2) is 0 Å². The van der Waals surface area contributed by atoms with Crippen LogP contribution in [0.2, 0.25) is 5.02 Å². The fraction of sp³-hybridized carbons (Fsp3) is 0.357. The lowest BCUT2D eigenvalue weighted by Crippen LogP contribution is -2.05. The van der Waals surface area contributed by atoms with Crippen molar-refractivity contribution in [3.05, 3.63) is 34.9 Å². The van der Waals surface area contributed by atoms with E-state index < -0.39 is 0 Å². The number of nitrogens with zero attached hydrogens (tertiary/aromatic N) is 3. The first-order valence-corrected chi connectivity index (χ1v) is 7.47. The van der Waals surface area contributed by atoms with Gasteiger partial charge in [0.1, 0.15) is 5.82 Å². The number of anilines is 1. The first-order chi connectivity index (χ1) is 10.7. The molecule has 0 amide bonds. The molecular weight excluding hydrogens is 304 g/mol. The van der Waals surface area contributed by atoms with Gasteiger partial charge in [0.2, 0.25) is 5.89 Å². The van der Waals surface area contributed by atoms with Crippen molar-refractivity contribution in [3.63, 3.8) is 0 Å². The van der Waals surface area contributed by atoms with E-state index in [1.54, 1.807) is 0 Å². The zero-order valence-electron chi connectivity index (χ0n) is 12.2. The van der Waals surface area contributed by atoms with E-state index in [9.17, 15) is 0 Å². The molecule has 3 N–H and O–H groups in total. The van der Waals surface area contributed by atoms with Gasteiger partial charge in [-0.15, -0.1) is 5.10 Å². The Bertz CT molecular complexity index is 753. The van der Waals surface area contributed by atoms with Crippen LogP contribution in [0.1, 0.15) is 18.1 Å². The van der Waals surface area contributed by atoms with Crippen LogP contribution in [0.5, 0.6) is 0 Å². The molecule has 0 spiro atoms. The summed E-state index contributed by atoms with van der Waals surface area (Å²) in [5.74, 6) is 1.51. The summed E-state index contributed by atoms with van der Waals surface area (Å²) in [4.78, 5) is 7.80. The van der Waals surface area contributed by atoms with E-state index in [0.717, 1.165) is 36.2 Å². The summed E-state index contributed by atoms with van der Waals surface area (Å²) >= 11 is 5.96. The molecule has 2 heterocycles. The van der Waals surface area contributed by atoms with E-state index in [0.29, 0.717) is 23.5 Å². The Kier molecular flexibility index (Phi) is 4.55. The number of imidazole rings is 1. The number of H-pyrrole nitrogens is 1. The quantitative estimate of drug-likeness (QED) is 0.579. The lowest BCUT2D eigenvalue weighted by Gasteiger charge is -1.99. The lowest BCUT2D eigenvalue weighted by atomic mass is 10.3. The number of halogens is 1. The van der Waals surface area contributed by atoms with Gasteiger partial charge in [0.25, 0.3) is 0 Å². The zero-order chi connectivity index (χ0) is 15.4. The van der Waals surface area contributed by atoms with Gasteiger partial charge in [0.05, 0.1) is 17.6 Å². The summed E-state index contributed by atoms with van der Waals surface area (Å²) in [6.45, 7) is 1.30. The molecule has 0 fully saturated rings. The van der Waals surface area contributed by atoms with Crippen LogP contribution < -0.4 is 10.6 Å². The molecule has 3 rings (SSSR count). The maximum Gasteiger partial charge on any atom is 0.315 e. The summed E-state index contributed by atoms with van der Waals surface area (Å²) in [5.41, 5.74) is 1.89. The van der Waals surface area contributed by atoms with Gasteiger partial charge in [-0.3, -0.25) is 0 Å². The zero-order valence-corrected chi connectivity index (χ0v) is 12.9. The van der Waals surface area contributed by atoms with Crippen molar-refractivity contribution in [2.75, 3.05) is 18.9 Å². The first-order valence-electron chi connectivity index (χ1n) is 7.09. The molecule has 2 aromatic heterocycles. The number of aromatic amines is 1. The van der Waals surface area contributed by atoms with Gasteiger partial charge in [-0.2, -0.15) is 0 Å². The van der Waals surface area contributed by atoms with Crippen LogP contribution in [-0.4, -0.2) is 33.8 Å². The normalized spacial score (nSPS) is 11.2. The second kappa shape index (κ2) is 6.76. The van der Waals surface area contributed by atoms with Crippen LogP contribution in [0.15, 0.2) is 22.6 Å². The fourth-order valence-corrected chi connectivity index (χ4v) is 2.32. The maximum atomic E-state index is 5.96. The van der Waals surface area contributed by atoms with E-state index in [1.807, 2.05) is 25.2 Å². The lowest BCUT2D eigenvalue weighted by molar-refractivity contribution is 0.489. The van der Waals surface area contributed by atoms with Crippen molar-refractivity contribution >= 4 is 28.6 Å². The molecule has 0 unspecified atom stereocenters. The fourth-order valence-electron chi connectivity index (χ4n) is 2.15. The highest BCUT2D eigenvalue weighted by molar-refractivity contribution is 6.31. The molecule has 0 atom stereocenters. The standard InChI is InChI=1S/C14H17ClN6O/c1-16-8-13-20-21-14(22-13)17-6-2-3-12-18-10-5-4-9(15)7-11(10)19-12/h4-5,7,16H,2-3,6,8H2,1H3,(H,17,21)(H,18,19). The van der Waals surface area contributed by atoms with Crippen molar-refractivity contribution in [2.45, 2.75) is 19.4 Å². The van der Waals surface area contributed by atoms with Crippen LogP contribution in [0.25, 0.3) is 11.0 Å². The van der Waals surface area contributed by atoms with E-state index in [2.05, 4.69) is 30.8 Å². The monoisotopic (exact) mass is 320 g/mol. The molecule has 8 heteroatoms. The molecule has 116 valence electrons. The van der Waals surface area contributed by atoms with Gasteiger partial charge >= 0.3 is 6.01 Å². The summed E-state index contributed by atoms with van der Waals surface area (Å²) in [7, 11) is 1.83. The molecule has 0 saturated carbocycles. The highest BCUT2D eigenvalue weighted by Crippen LogP contribution is 2.17. The van der Waals surface area contributed by atoms with Crippen LogP contribution in [0.3, 0.4) is 0 Å². The number of rotatable bonds is 7. The Balaban J connectivity index is 1.49. The Morgan fingerprint density at radius 1 is 1.32 bits per heavy atom. The molecule has 22 heavy (non-hydrogen) atoms. The average molecular weight is 321 g/mol. The van der Waals surface area contributed by atoms with Gasteiger partial charge < -0.3 is 20.0 Å². The molecule has 0 saturated heterocycles. The van der Waals surface area contributed by atoms with Crippen LogP contribution in [0.4, 0.5) is 6.01 Å². The predicted molar refractivity (Wildman–Crippen MR) is 85.0 cm³/mol. The molecule has 0 bridgehead atoms. The SMILES string of the molecule is CNCc1nnc(NCCCc2nc3ccc(Cl)cc3[nH]2)o1.